The molecule has 0 aromatic heterocycles. The maximum atomic E-state index is 12.8. The van der Waals surface area contributed by atoms with Crippen molar-refractivity contribution in [2.45, 2.75) is 32.0 Å². The predicted octanol–water partition coefficient (Wildman–Crippen LogP) is 6.79. The van der Waals surface area contributed by atoms with Crippen molar-refractivity contribution >= 4 is 29.7 Å². The fraction of sp³-hybridized carbons (Fsp3) is 0.250. The van der Waals surface area contributed by atoms with E-state index in [4.69, 9.17) is 23.7 Å². The van der Waals surface area contributed by atoms with Gasteiger partial charge in [-0.15, -0.1) is 11.8 Å². The number of hydrogen-bond acceptors (Lipinski definition) is 10. The van der Waals surface area contributed by atoms with Gasteiger partial charge in [0.25, 0.3) is 0 Å². The summed E-state index contributed by atoms with van der Waals surface area (Å²) in [6.07, 6.45) is 0.854. The van der Waals surface area contributed by atoms with E-state index in [-0.39, 0.29) is 37.6 Å². The van der Waals surface area contributed by atoms with Crippen LogP contribution in [-0.2, 0) is 23.8 Å². The Kier molecular flexibility index (Phi) is 13.4. The normalized spacial score (nSPS) is 11.2. The van der Waals surface area contributed by atoms with Gasteiger partial charge in [-0.2, -0.15) is 0 Å². The SMILES string of the molecule is C=C(C)C(=O)OCCOC(=O)c1ccc(-c2ccc(-c3ccc(OC(=O)C(=C)C)cc3)c(SC)c2)c(OCCOC(O)C(=C)C)c1. The van der Waals surface area contributed by atoms with E-state index in [1.807, 2.05) is 36.6 Å². The Morgan fingerprint density at radius 2 is 1.39 bits per heavy atom. The summed E-state index contributed by atoms with van der Waals surface area (Å²) in [7, 11) is 0. The van der Waals surface area contributed by atoms with Crippen LogP contribution in [-0.4, -0.2) is 62.0 Å². The van der Waals surface area contributed by atoms with E-state index in [0.717, 1.165) is 27.1 Å². The van der Waals surface area contributed by atoms with Crippen LogP contribution in [0.4, 0.5) is 0 Å². The molecule has 0 saturated carbocycles. The molecule has 46 heavy (non-hydrogen) atoms. The number of carbonyl (C=O) groups excluding carboxylic acids is 3. The molecule has 0 aliphatic heterocycles. The molecule has 0 spiro atoms. The molecule has 1 atom stereocenters. The van der Waals surface area contributed by atoms with Gasteiger partial charge >= 0.3 is 17.9 Å². The third-order valence-corrected chi connectivity index (χ3v) is 7.17. The molecule has 0 aliphatic rings. The van der Waals surface area contributed by atoms with Crippen molar-refractivity contribution in [1.82, 2.24) is 0 Å². The number of carbonyl (C=O) groups is 3. The van der Waals surface area contributed by atoms with Gasteiger partial charge in [0.15, 0.2) is 6.29 Å². The Balaban J connectivity index is 1.86. The van der Waals surface area contributed by atoms with Gasteiger partial charge in [0.05, 0.1) is 12.2 Å². The molecule has 10 heteroatoms. The number of thioether (sulfide) groups is 1. The first-order valence-electron chi connectivity index (χ1n) is 14.3. The number of aliphatic hydroxyl groups excluding tert-OH is 1. The smallest absolute Gasteiger partial charge is 0.338 e. The van der Waals surface area contributed by atoms with Gasteiger partial charge in [0.2, 0.25) is 0 Å². The number of hydrogen-bond donors (Lipinski definition) is 1. The highest BCUT2D eigenvalue weighted by atomic mass is 32.2. The first-order valence-corrected chi connectivity index (χ1v) is 15.5. The minimum atomic E-state index is -1.12. The van der Waals surface area contributed by atoms with Crippen LogP contribution in [0.15, 0.2) is 102 Å². The zero-order chi connectivity index (χ0) is 33.8. The summed E-state index contributed by atoms with van der Waals surface area (Å²) in [4.78, 5) is 37.2. The topological polar surface area (TPSA) is 118 Å². The lowest BCUT2D eigenvalue weighted by Crippen LogP contribution is -2.17. The zero-order valence-corrected chi connectivity index (χ0v) is 27.2. The van der Waals surface area contributed by atoms with Crippen LogP contribution in [0.5, 0.6) is 11.5 Å². The summed E-state index contributed by atoms with van der Waals surface area (Å²) < 4.78 is 27.0. The lowest BCUT2D eigenvalue weighted by atomic mass is 9.98. The molecule has 0 bridgehead atoms. The molecule has 9 nitrogen and oxygen atoms in total. The second-order valence-electron chi connectivity index (χ2n) is 10.3. The molecule has 1 unspecified atom stereocenters. The van der Waals surface area contributed by atoms with Gasteiger partial charge < -0.3 is 28.8 Å². The quantitative estimate of drug-likeness (QED) is 0.0339. The predicted molar refractivity (Wildman–Crippen MR) is 178 cm³/mol. The first-order chi connectivity index (χ1) is 21.9. The summed E-state index contributed by atoms with van der Waals surface area (Å²) in [6.45, 7) is 15.5. The highest BCUT2D eigenvalue weighted by Gasteiger charge is 2.16. The van der Waals surface area contributed by atoms with E-state index in [0.29, 0.717) is 22.6 Å². The fourth-order valence-corrected chi connectivity index (χ4v) is 4.58. The Hall–Kier alpha value is -4.64. The van der Waals surface area contributed by atoms with E-state index in [1.54, 1.807) is 55.9 Å². The minimum absolute atomic E-state index is 0.0723. The van der Waals surface area contributed by atoms with Crippen LogP contribution in [0.2, 0.25) is 0 Å². The average molecular weight is 647 g/mol. The Morgan fingerprint density at radius 1 is 0.761 bits per heavy atom. The lowest BCUT2D eigenvalue weighted by Gasteiger charge is -2.17. The van der Waals surface area contributed by atoms with Gasteiger partial charge in [0.1, 0.15) is 31.3 Å². The third-order valence-electron chi connectivity index (χ3n) is 6.39. The molecule has 3 aromatic carbocycles. The average Bonchev–Trinajstić information content (AvgIpc) is 3.04. The minimum Gasteiger partial charge on any atom is -0.491 e. The summed E-state index contributed by atoms with van der Waals surface area (Å²) in [6, 6.07) is 18.1. The highest BCUT2D eigenvalue weighted by molar-refractivity contribution is 7.98. The number of rotatable bonds is 16. The van der Waals surface area contributed by atoms with Crippen molar-refractivity contribution in [3.8, 4) is 33.8 Å². The number of aliphatic hydroxyl groups is 1. The van der Waals surface area contributed by atoms with E-state index in [2.05, 4.69) is 19.7 Å². The maximum Gasteiger partial charge on any atom is 0.338 e. The molecule has 0 fully saturated rings. The van der Waals surface area contributed by atoms with Crippen molar-refractivity contribution < 1.29 is 43.2 Å². The monoisotopic (exact) mass is 646 g/mol. The van der Waals surface area contributed by atoms with Crippen LogP contribution in [0, 0.1) is 0 Å². The third kappa shape index (κ3) is 10.2. The zero-order valence-electron chi connectivity index (χ0n) is 26.4. The Bertz CT molecular complexity index is 1610. The van der Waals surface area contributed by atoms with E-state index in [9.17, 15) is 19.5 Å². The number of esters is 3. The molecular weight excluding hydrogens is 608 g/mol. The molecule has 0 heterocycles. The Labute approximate surface area is 273 Å². The van der Waals surface area contributed by atoms with Crippen LogP contribution in [0.25, 0.3) is 22.3 Å². The molecule has 0 aliphatic carbocycles. The van der Waals surface area contributed by atoms with Crippen molar-refractivity contribution in [2.75, 3.05) is 32.7 Å². The van der Waals surface area contributed by atoms with Crippen LogP contribution >= 0.6 is 11.8 Å². The standard InChI is InChI=1S/C36H38O9S/c1-22(2)33(37)42-17-16-41-31-20-27(36(40)44-19-18-43-34(38)23(3)4)11-14-29(31)26-10-15-30(32(21-26)46-7)25-8-12-28(13-9-25)45-35(39)24(5)6/h8-15,20-21,33,37H,1,3,5,16-19H2,2,4,6-7H3. The Morgan fingerprint density at radius 3 is 2.02 bits per heavy atom. The number of ether oxygens (including phenoxy) is 5. The van der Waals surface area contributed by atoms with Gasteiger partial charge in [-0.05, 0) is 85.7 Å². The molecular formula is C36H38O9S. The van der Waals surface area contributed by atoms with Crippen LogP contribution in [0.3, 0.4) is 0 Å². The van der Waals surface area contributed by atoms with Crippen LogP contribution < -0.4 is 9.47 Å². The van der Waals surface area contributed by atoms with Crippen molar-refractivity contribution in [1.29, 1.82) is 0 Å². The van der Waals surface area contributed by atoms with Gasteiger partial charge in [-0.25, -0.2) is 14.4 Å². The molecule has 0 saturated heterocycles. The second kappa shape index (κ2) is 17.2. The summed E-state index contributed by atoms with van der Waals surface area (Å²) in [5.41, 5.74) is 4.74. The van der Waals surface area contributed by atoms with Crippen LogP contribution in [0.1, 0.15) is 31.1 Å². The molecule has 1 N–H and O–H groups in total. The van der Waals surface area contributed by atoms with Gasteiger partial charge in [0, 0.05) is 21.6 Å². The molecule has 0 radical (unpaired) electrons. The number of benzene rings is 3. The molecule has 0 amide bonds. The van der Waals surface area contributed by atoms with E-state index in [1.165, 1.54) is 6.92 Å². The summed E-state index contributed by atoms with van der Waals surface area (Å²) in [5.74, 6) is -0.838. The second-order valence-corrected chi connectivity index (χ2v) is 11.1. The molecule has 3 aromatic rings. The summed E-state index contributed by atoms with van der Waals surface area (Å²) >= 11 is 1.56. The first kappa shape index (κ1) is 35.8. The van der Waals surface area contributed by atoms with Gasteiger partial charge in [-0.1, -0.05) is 44.0 Å². The van der Waals surface area contributed by atoms with Crippen molar-refractivity contribution in [3.63, 3.8) is 0 Å². The fourth-order valence-electron chi connectivity index (χ4n) is 3.93. The van der Waals surface area contributed by atoms with E-state index < -0.39 is 24.2 Å². The largest absolute Gasteiger partial charge is 0.491 e. The molecule has 3 rings (SSSR count). The van der Waals surface area contributed by atoms with Crippen molar-refractivity contribution in [2.24, 2.45) is 0 Å². The van der Waals surface area contributed by atoms with Gasteiger partial charge in [-0.3, -0.25) is 0 Å². The van der Waals surface area contributed by atoms with Crippen molar-refractivity contribution in [3.05, 3.63) is 103 Å². The van der Waals surface area contributed by atoms with E-state index >= 15 is 0 Å². The molecule has 242 valence electrons. The summed E-state index contributed by atoms with van der Waals surface area (Å²) in [5, 5.41) is 9.89. The highest BCUT2D eigenvalue weighted by Crippen LogP contribution is 2.38. The lowest BCUT2D eigenvalue weighted by molar-refractivity contribution is -0.140. The maximum absolute atomic E-state index is 12.8.